The van der Waals surface area contributed by atoms with Crippen molar-refractivity contribution in [3.8, 4) is 11.1 Å². The van der Waals surface area contributed by atoms with Gasteiger partial charge in [0.25, 0.3) is 0 Å². The zero-order valence-corrected chi connectivity index (χ0v) is 16.1. The summed E-state index contributed by atoms with van der Waals surface area (Å²) in [6.45, 7) is 0.674. The largest absolute Gasteiger partial charge is 0.292 e. The fourth-order valence-corrected chi connectivity index (χ4v) is 3.50. The van der Waals surface area contributed by atoms with Gasteiger partial charge in [-0.1, -0.05) is 36.4 Å². The zero-order chi connectivity index (χ0) is 20.3. The smallest absolute Gasteiger partial charge is 0.188 e. The van der Waals surface area contributed by atoms with Crippen LogP contribution in [0.1, 0.15) is 21.6 Å². The van der Waals surface area contributed by atoms with Gasteiger partial charge in [-0.2, -0.15) is 20.4 Å². The van der Waals surface area contributed by atoms with Crippen LogP contribution in [0.15, 0.2) is 79.4 Å². The lowest BCUT2D eigenvalue weighted by Gasteiger charge is -2.01. The first-order valence-electron chi connectivity index (χ1n) is 9.60. The van der Waals surface area contributed by atoms with Crippen LogP contribution >= 0.6 is 0 Å². The van der Waals surface area contributed by atoms with Crippen LogP contribution < -0.4 is 0 Å². The van der Waals surface area contributed by atoms with Crippen molar-refractivity contribution in [2.24, 2.45) is 0 Å². The summed E-state index contributed by atoms with van der Waals surface area (Å²) in [7, 11) is 0. The van der Waals surface area contributed by atoms with Crippen LogP contribution in [0.4, 0.5) is 0 Å². The summed E-state index contributed by atoms with van der Waals surface area (Å²) in [4.78, 5) is 12.9. The van der Waals surface area contributed by atoms with Crippen molar-refractivity contribution >= 4 is 16.7 Å². The van der Waals surface area contributed by atoms with E-state index in [9.17, 15) is 4.79 Å². The van der Waals surface area contributed by atoms with E-state index in [0.717, 1.165) is 33.2 Å². The summed E-state index contributed by atoms with van der Waals surface area (Å²) in [5, 5.41) is 20.1. The molecular weight excluding hydrogens is 376 g/mol. The molecule has 0 bridgehead atoms. The number of ketones is 1. The second-order valence-electron chi connectivity index (χ2n) is 7.10. The van der Waals surface area contributed by atoms with Crippen molar-refractivity contribution in [3.63, 3.8) is 0 Å². The molecule has 0 saturated heterocycles. The minimum absolute atomic E-state index is 0.0427. The molecule has 5 aromatic rings. The fraction of sp³-hybridized carbons (Fsp3) is 0.0870. The summed E-state index contributed by atoms with van der Waals surface area (Å²) in [6.07, 6.45) is 7.26. The van der Waals surface area contributed by atoms with Gasteiger partial charge in [0.2, 0.25) is 0 Å². The predicted molar refractivity (Wildman–Crippen MR) is 113 cm³/mol. The number of rotatable bonds is 6. The maximum absolute atomic E-state index is 12.9. The molecule has 0 aliphatic carbocycles. The summed E-state index contributed by atoms with van der Waals surface area (Å²) < 4.78 is 1.84. The Bertz CT molecular complexity index is 1310. The monoisotopic (exact) mass is 394 g/mol. The highest BCUT2D eigenvalue weighted by molar-refractivity contribution is 6.07. The van der Waals surface area contributed by atoms with E-state index in [4.69, 9.17) is 0 Å². The van der Waals surface area contributed by atoms with Gasteiger partial charge in [-0.15, -0.1) is 0 Å². The molecule has 0 aliphatic heterocycles. The number of benzene rings is 2. The van der Waals surface area contributed by atoms with Crippen LogP contribution in [0.25, 0.3) is 22.0 Å². The second kappa shape index (κ2) is 7.71. The number of Topliss-reactive ketones (excluding diaryl/α,β-unsaturated/α-hetero) is 1. The van der Waals surface area contributed by atoms with Crippen molar-refractivity contribution in [2.45, 2.75) is 13.0 Å². The number of aromatic amines is 1. The first-order valence-corrected chi connectivity index (χ1v) is 9.60. The molecule has 0 aliphatic rings. The summed E-state index contributed by atoms with van der Waals surface area (Å²) in [6, 6.07) is 17.8. The maximum atomic E-state index is 12.9. The lowest BCUT2D eigenvalue weighted by Crippen LogP contribution is -2.04. The van der Waals surface area contributed by atoms with Gasteiger partial charge in [-0.25, -0.2) is 0 Å². The van der Waals surface area contributed by atoms with Crippen LogP contribution in [-0.4, -0.2) is 36.0 Å². The van der Waals surface area contributed by atoms with Crippen molar-refractivity contribution < 1.29 is 4.79 Å². The number of nitrogens with one attached hydrogen (secondary N) is 1. The molecule has 0 amide bonds. The number of carbonyl (C=O) groups excluding carboxylic acids is 1. The van der Waals surface area contributed by atoms with E-state index in [-0.39, 0.29) is 12.2 Å². The van der Waals surface area contributed by atoms with Crippen molar-refractivity contribution in [3.05, 3.63) is 96.2 Å². The number of nitrogens with zero attached hydrogens (tertiary/aromatic N) is 5. The minimum Gasteiger partial charge on any atom is -0.292 e. The highest BCUT2D eigenvalue weighted by Crippen LogP contribution is 2.25. The molecule has 0 spiro atoms. The minimum atomic E-state index is -0.0427. The molecule has 2 aromatic carbocycles. The third kappa shape index (κ3) is 3.60. The van der Waals surface area contributed by atoms with E-state index >= 15 is 0 Å². The van der Waals surface area contributed by atoms with Gasteiger partial charge >= 0.3 is 0 Å². The standard InChI is InChI=1S/C23H18N6O/c30-22(10-17-12-26-29(15-17)14-16-4-2-1-3-5-16)23-20-7-6-18(11-21(20)27-28-23)19-8-9-24-25-13-19/h1-9,11-13,15H,10,14H2,(H,27,28). The lowest BCUT2D eigenvalue weighted by atomic mass is 10.0. The summed E-state index contributed by atoms with van der Waals surface area (Å²) >= 11 is 0. The molecule has 0 saturated carbocycles. The third-order valence-corrected chi connectivity index (χ3v) is 4.98. The number of hydrogen-bond acceptors (Lipinski definition) is 5. The highest BCUT2D eigenvalue weighted by atomic mass is 16.1. The van der Waals surface area contributed by atoms with Crippen molar-refractivity contribution in [1.29, 1.82) is 0 Å². The Morgan fingerprint density at radius 3 is 2.67 bits per heavy atom. The third-order valence-electron chi connectivity index (χ3n) is 4.98. The second-order valence-corrected chi connectivity index (χ2v) is 7.10. The van der Waals surface area contributed by atoms with Crippen LogP contribution in [0.5, 0.6) is 0 Å². The number of aromatic nitrogens is 6. The zero-order valence-electron chi connectivity index (χ0n) is 16.1. The Morgan fingerprint density at radius 2 is 1.83 bits per heavy atom. The number of fused-ring (bicyclic) bond motifs is 1. The summed E-state index contributed by atoms with van der Waals surface area (Å²) in [5.74, 6) is -0.0427. The Labute approximate surface area is 172 Å². The normalized spacial score (nSPS) is 11.1. The average molecular weight is 394 g/mol. The van der Waals surface area contributed by atoms with Gasteiger partial charge in [-0.05, 0) is 34.9 Å². The average Bonchev–Trinajstić information content (AvgIpc) is 3.41. The van der Waals surface area contributed by atoms with E-state index in [2.05, 4.69) is 37.6 Å². The number of H-pyrrole nitrogens is 1. The molecule has 0 atom stereocenters. The fourth-order valence-electron chi connectivity index (χ4n) is 3.50. The first-order chi connectivity index (χ1) is 14.8. The lowest BCUT2D eigenvalue weighted by molar-refractivity contribution is 0.0989. The Kier molecular flexibility index (Phi) is 4.61. The quantitative estimate of drug-likeness (QED) is 0.444. The number of carbonyl (C=O) groups is 1. The van der Waals surface area contributed by atoms with Gasteiger partial charge in [0.15, 0.2) is 5.78 Å². The topological polar surface area (TPSA) is 89.4 Å². The molecule has 30 heavy (non-hydrogen) atoms. The van der Waals surface area contributed by atoms with Gasteiger partial charge in [0.1, 0.15) is 5.69 Å². The van der Waals surface area contributed by atoms with E-state index in [1.165, 1.54) is 0 Å². The van der Waals surface area contributed by atoms with Crippen molar-refractivity contribution in [1.82, 2.24) is 30.2 Å². The van der Waals surface area contributed by atoms with Crippen LogP contribution in [-0.2, 0) is 13.0 Å². The molecule has 5 rings (SSSR count). The van der Waals surface area contributed by atoms with Crippen LogP contribution in [0.3, 0.4) is 0 Å². The molecule has 1 N–H and O–H groups in total. The Hall–Kier alpha value is -4.13. The molecule has 3 aromatic heterocycles. The molecule has 0 fully saturated rings. The van der Waals surface area contributed by atoms with Gasteiger partial charge in [0, 0.05) is 23.6 Å². The molecular formula is C23H18N6O. The van der Waals surface area contributed by atoms with Crippen LogP contribution in [0, 0.1) is 0 Å². The van der Waals surface area contributed by atoms with E-state index < -0.39 is 0 Å². The Morgan fingerprint density at radius 1 is 0.933 bits per heavy atom. The van der Waals surface area contributed by atoms with Gasteiger partial charge in [-0.3, -0.25) is 14.6 Å². The molecule has 0 unspecified atom stereocenters. The predicted octanol–water partition coefficient (Wildman–Crippen LogP) is 3.69. The molecule has 3 heterocycles. The SMILES string of the molecule is O=C(Cc1cnn(Cc2ccccc2)c1)c1n[nH]c2cc(-c3ccnnc3)ccc12. The first kappa shape index (κ1) is 17.9. The van der Waals surface area contributed by atoms with Crippen molar-refractivity contribution in [2.75, 3.05) is 0 Å². The van der Waals surface area contributed by atoms with Crippen LogP contribution in [0.2, 0.25) is 0 Å². The Balaban J connectivity index is 1.34. The van der Waals surface area contributed by atoms with E-state index in [0.29, 0.717) is 12.2 Å². The maximum Gasteiger partial charge on any atom is 0.188 e. The molecule has 0 radical (unpaired) electrons. The summed E-state index contributed by atoms with van der Waals surface area (Å²) in [5.41, 5.74) is 5.23. The van der Waals surface area contributed by atoms with E-state index in [1.807, 2.05) is 53.3 Å². The highest BCUT2D eigenvalue weighted by Gasteiger charge is 2.16. The van der Waals surface area contributed by atoms with Gasteiger partial charge in [0.05, 0.1) is 30.7 Å². The molecule has 146 valence electrons. The molecule has 7 heteroatoms. The number of hydrogen-bond donors (Lipinski definition) is 1. The van der Waals surface area contributed by atoms with E-state index in [1.54, 1.807) is 18.6 Å². The molecule has 7 nitrogen and oxygen atoms in total. The van der Waals surface area contributed by atoms with Gasteiger partial charge < -0.3 is 0 Å².